The molecule has 2 aromatic rings. The van der Waals surface area contributed by atoms with Crippen LogP contribution in [-0.2, 0) is 7.05 Å². The minimum atomic E-state index is 0.122. The van der Waals surface area contributed by atoms with Gasteiger partial charge >= 0.3 is 0 Å². The van der Waals surface area contributed by atoms with Crippen LogP contribution in [-0.4, -0.2) is 9.55 Å². The lowest BCUT2D eigenvalue weighted by atomic mass is 10.1. The maximum atomic E-state index is 6.00. The average molecular weight is 203 g/mol. The number of imidazole rings is 1. The largest absolute Gasteiger partial charge is 0.331 e. The summed E-state index contributed by atoms with van der Waals surface area (Å²) in [6, 6.07) is 6.41. The average Bonchev–Trinajstić information content (AvgIpc) is 2.53. The number of nitrogens with two attached hydrogens (primary N) is 1. The molecule has 0 fully saturated rings. The molecule has 0 saturated carbocycles. The summed E-state index contributed by atoms with van der Waals surface area (Å²) in [5, 5.41) is 0. The lowest BCUT2D eigenvalue weighted by molar-refractivity contribution is 0.699. The molecule has 3 heteroatoms. The van der Waals surface area contributed by atoms with Gasteiger partial charge in [0, 0.05) is 13.1 Å². The third-order valence-corrected chi connectivity index (χ3v) is 3.00. The molecule has 2 rings (SSSR count). The van der Waals surface area contributed by atoms with E-state index < -0.39 is 0 Å². The molecule has 0 aliphatic carbocycles. The van der Waals surface area contributed by atoms with Crippen molar-refractivity contribution in [1.82, 2.24) is 9.55 Å². The molecule has 0 amide bonds. The summed E-state index contributed by atoms with van der Waals surface area (Å²) in [4.78, 5) is 4.50. The van der Waals surface area contributed by atoms with Gasteiger partial charge in [-0.1, -0.05) is 13.0 Å². The number of fused-ring (bicyclic) bond motifs is 1. The van der Waals surface area contributed by atoms with Crippen LogP contribution in [0.3, 0.4) is 0 Å². The van der Waals surface area contributed by atoms with E-state index in [1.807, 2.05) is 14.0 Å². The van der Waals surface area contributed by atoms with Gasteiger partial charge in [0.2, 0.25) is 0 Å². The second-order valence-corrected chi connectivity index (χ2v) is 3.98. The molecule has 0 spiro atoms. The molecule has 0 bridgehead atoms. The van der Waals surface area contributed by atoms with Crippen LogP contribution in [0.2, 0.25) is 0 Å². The van der Waals surface area contributed by atoms with Crippen LogP contribution in [0.5, 0.6) is 0 Å². The molecule has 1 heterocycles. The Hall–Kier alpha value is -1.35. The first-order chi connectivity index (χ1) is 7.13. The van der Waals surface area contributed by atoms with Crippen molar-refractivity contribution < 1.29 is 0 Å². The number of rotatable bonds is 2. The number of nitrogens with zero attached hydrogens (tertiary/aromatic N) is 2. The number of hydrogen-bond donors (Lipinski definition) is 1. The zero-order valence-electron chi connectivity index (χ0n) is 9.49. The van der Waals surface area contributed by atoms with Gasteiger partial charge in [-0.15, -0.1) is 0 Å². The maximum Gasteiger partial charge on any atom is 0.106 e. The molecule has 0 aliphatic rings. The lowest BCUT2D eigenvalue weighted by Crippen LogP contribution is -2.08. The Labute approximate surface area is 89.9 Å². The third kappa shape index (κ3) is 1.63. The van der Waals surface area contributed by atoms with E-state index >= 15 is 0 Å². The lowest BCUT2D eigenvalue weighted by Gasteiger charge is -2.08. The van der Waals surface area contributed by atoms with Crippen LogP contribution in [0.25, 0.3) is 11.0 Å². The zero-order chi connectivity index (χ0) is 11.0. The molecule has 1 atom stereocenters. The van der Waals surface area contributed by atoms with Crippen molar-refractivity contribution >= 4 is 11.0 Å². The molecule has 80 valence electrons. The molecule has 0 aliphatic heterocycles. The molecular formula is C12H17N3. The fraction of sp³-hybridized carbons (Fsp3) is 0.417. The van der Waals surface area contributed by atoms with Gasteiger partial charge in [-0.2, -0.15) is 0 Å². The molecule has 1 unspecified atom stereocenters. The molecule has 1 aromatic carbocycles. The van der Waals surface area contributed by atoms with E-state index in [1.165, 1.54) is 11.1 Å². The van der Waals surface area contributed by atoms with Gasteiger partial charge in [-0.25, -0.2) is 4.98 Å². The Kier molecular flexibility index (Phi) is 2.49. The molecule has 3 nitrogen and oxygen atoms in total. The summed E-state index contributed by atoms with van der Waals surface area (Å²) < 4.78 is 2.09. The van der Waals surface area contributed by atoms with Crippen molar-refractivity contribution in [3.8, 4) is 0 Å². The summed E-state index contributed by atoms with van der Waals surface area (Å²) >= 11 is 0. The first-order valence-corrected chi connectivity index (χ1v) is 5.32. The molecular weight excluding hydrogens is 186 g/mol. The van der Waals surface area contributed by atoms with Crippen molar-refractivity contribution in [2.75, 3.05) is 0 Å². The van der Waals surface area contributed by atoms with Gasteiger partial charge in [0.25, 0.3) is 0 Å². The van der Waals surface area contributed by atoms with Crippen LogP contribution in [0, 0.1) is 6.92 Å². The molecule has 0 saturated heterocycles. The van der Waals surface area contributed by atoms with Gasteiger partial charge < -0.3 is 10.3 Å². The van der Waals surface area contributed by atoms with E-state index in [9.17, 15) is 0 Å². The van der Waals surface area contributed by atoms with E-state index in [2.05, 4.69) is 34.7 Å². The maximum absolute atomic E-state index is 6.00. The SMILES string of the molecule is CCC(N)c1ccc2c(c1)nc(C)n2C. The monoisotopic (exact) mass is 203 g/mol. The van der Waals surface area contributed by atoms with Gasteiger partial charge in [0.15, 0.2) is 0 Å². The standard InChI is InChI=1S/C12H17N3/c1-4-10(13)9-5-6-12-11(7-9)14-8(2)15(12)3/h5-7,10H,4,13H2,1-3H3. The van der Waals surface area contributed by atoms with E-state index in [1.54, 1.807) is 0 Å². The first-order valence-electron chi connectivity index (χ1n) is 5.32. The summed E-state index contributed by atoms with van der Waals surface area (Å²) in [5.41, 5.74) is 9.37. The quantitative estimate of drug-likeness (QED) is 0.813. The Morgan fingerprint density at radius 2 is 2.20 bits per heavy atom. The number of hydrogen-bond acceptors (Lipinski definition) is 2. The highest BCUT2D eigenvalue weighted by Gasteiger charge is 2.07. The van der Waals surface area contributed by atoms with Gasteiger partial charge in [0.05, 0.1) is 11.0 Å². The van der Waals surface area contributed by atoms with Crippen LogP contribution in [0.1, 0.15) is 30.8 Å². The molecule has 1 aromatic heterocycles. The predicted octanol–water partition coefficient (Wildman–Crippen LogP) is 2.29. The number of benzene rings is 1. The second-order valence-electron chi connectivity index (χ2n) is 3.98. The van der Waals surface area contributed by atoms with E-state index in [4.69, 9.17) is 5.73 Å². The second kappa shape index (κ2) is 3.66. The highest BCUT2D eigenvalue weighted by atomic mass is 15.0. The first kappa shape index (κ1) is 10.2. The summed E-state index contributed by atoms with van der Waals surface area (Å²) in [6.07, 6.45) is 0.956. The minimum absolute atomic E-state index is 0.122. The Morgan fingerprint density at radius 1 is 1.47 bits per heavy atom. The van der Waals surface area contributed by atoms with Gasteiger partial charge in [-0.3, -0.25) is 0 Å². The predicted molar refractivity (Wildman–Crippen MR) is 62.7 cm³/mol. The smallest absolute Gasteiger partial charge is 0.106 e. The molecule has 15 heavy (non-hydrogen) atoms. The summed E-state index contributed by atoms with van der Waals surface area (Å²) in [6.45, 7) is 4.11. The Morgan fingerprint density at radius 3 is 2.87 bits per heavy atom. The normalized spacial score (nSPS) is 13.3. The van der Waals surface area contributed by atoms with Crippen LogP contribution >= 0.6 is 0 Å². The van der Waals surface area contributed by atoms with Crippen molar-refractivity contribution in [2.24, 2.45) is 12.8 Å². The number of aryl methyl sites for hydroxylation is 2. The minimum Gasteiger partial charge on any atom is -0.331 e. The van der Waals surface area contributed by atoms with Crippen molar-refractivity contribution in [3.63, 3.8) is 0 Å². The van der Waals surface area contributed by atoms with Crippen molar-refractivity contribution in [2.45, 2.75) is 26.3 Å². The van der Waals surface area contributed by atoms with E-state index in [-0.39, 0.29) is 6.04 Å². The number of aromatic nitrogens is 2. The zero-order valence-corrected chi connectivity index (χ0v) is 9.49. The van der Waals surface area contributed by atoms with Crippen LogP contribution in [0.15, 0.2) is 18.2 Å². The Balaban J connectivity index is 2.57. The highest BCUT2D eigenvalue weighted by molar-refractivity contribution is 5.76. The fourth-order valence-corrected chi connectivity index (χ4v) is 1.80. The topological polar surface area (TPSA) is 43.8 Å². The Bertz CT molecular complexity index is 485. The molecule has 0 radical (unpaired) electrons. The van der Waals surface area contributed by atoms with Crippen LogP contribution in [0.4, 0.5) is 0 Å². The fourth-order valence-electron chi connectivity index (χ4n) is 1.80. The van der Waals surface area contributed by atoms with E-state index in [0.29, 0.717) is 0 Å². The van der Waals surface area contributed by atoms with Crippen molar-refractivity contribution in [3.05, 3.63) is 29.6 Å². The van der Waals surface area contributed by atoms with Crippen molar-refractivity contribution in [1.29, 1.82) is 0 Å². The molecule has 2 N–H and O–H groups in total. The van der Waals surface area contributed by atoms with Gasteiger partial charge in [0.1, 0.15) is 5.82 Å². The highest BCUT2D eigenvalue weighted by Crippen LogP contribution is 2.20. The summed E-state index contributed by atoms with van der Waals surface area (Å²) in [5.74, 6) is 1.03. The summed E-state index contributed by atoms with van der Waals surface area (Å²) in [7, 11) is 2.03. The van der Waals surface area contributed by atoms with E-state index in [0.717, 1.165) is 17.8 Å². The van der Waals surface area contributed by atoms with Gasteiger partial charge in [-0.05, 0) is 31.0 Å². The van der Waals surface area contributed by atoms with Crippen LogP contribution < -0.4 is 5.73 Å². The third-order valence-electron chi connectivity index (χ3n) is 3.00.